The minimum Gasteiger partial charge on any atom is -0.480 e. The highest BCUT2D eigenvalue weighted by atomic mass is 16.4. The van der Waals surface area contributed by atoms with Crippen molar-refractivity contribution in [1.29, 1.82) is 0 Å². The number of carboxylic acids is 2. The SMILES string of the molecule is CC(C(=O)O)n1nc(-c2ccccc2)c(-c2ccccc2)c(C(=O)O)c1=O. The Morgan fingerprint density at radius 1 is 0.926 bits per heavy atom. The van der Waals surface area contributed by atoms with E-state index in [1.165, 1.54) is 6.92 Å². The molecule has 2 aromatic carbocycles. The van der Waals surface area contributed by atoms with Crippen molar-refractivity contribution in [2.45, 2.75) is 13.0 Å². The Morgan fingerprint density at radius 2 is 1.44 bits per heavy atom. The summed E-state index contributed by atoms with van der Waals surface area (Å²) >= 11 is 0. The fraction of sp³-hybridized carbons (Fsp3) is 0.100. The van der Waals surface area contributed by atoms with Crippen molar-refractivity contribution in [3.05, 3.63) is 76.6 Å². The van der Waals surface area contributed by atoms with Crippen LogP contribution in [0.2, 0.25) is 0 Å². The first-order valence-electron chi connectivity index (χ1n) is 8.15. The Labute approximate surface area is 154 Å². The molecule has 0 spiro atoms. The van der Waals surface area contributed by atoms with Crippen molar-refractivity contribution in [3.63, 3.8) is 0 Å². The van der Waals surface area contributed by atoms with Crippen molar-refractivity contribution in [1.82, 2.24) is 9.78 Å². The molecule has 0 aliphatic carbocycles. The molecule has 0 saturated carbocycles. The summed E-state index contributed by atoms with van der Waals surface area (Å²) in [6, 6.07) is 16.0. The zero-order chi connectivity index (χ0) is 19.6. The van der Waals surface area contributed by atoms with E-state index in [1.807, 2.05) is 0 Å². The van der Waals surface area contributed by atoms with E-state index in [9.17, 15) is 24.6 Å². The van der Waals surface area contributed by atoms with Gasteiger partial charge < -0.3 is 10.2 Å². The summed E-state index contributed by atoms with van der Waals surface area (Å²) in [4.78, 5) is 36.1. The van der Waals surface area contributed by atoms with Crippen molar-refractivity contribution < 1.29 is 19.8 Å². The van der Waals surface area contributed by atoms with Gasteiger partial charge in [-0.25, -0.2) is 14.3 Å². The van der Waals surface area contributed by atoms with E-state index in [-0.39, 0.29) is 11.3 Å². The Balaban J connectivity index is 2.47. The molecule has 0 fully saturated rings. The Hall–Kier alpha value is -3.74. The van der Waals surface area contributed by atoms with Crippen molar-refractivity contribution in [3.8, 4) is 22.4 Å². The molecule has 3 aromatic rings. The fourth-order valence-electron chi connectivity index (χ4n) is 2.79. The van der Waals surface area contributed by atoms with Gasteiger partial charge in [0.15, 0.2) is 6.04 Å². The molecule has 0 amide bonds. The quantitative estimate of drug-likeness (QED) is 0.720. The highest BCUT2D eigenvalue weighted by molar-refractivity contribution is 5.99. The molecular formula is C20H16N2O5. The van der Waals surface area contributed by atoms with Crippen LogP contribution in [0.4, 0.5) is 0 Å². The average Bonchev–Trinajstić information content (AvgIpc) is 2.68. The van der Waals surface area contributed by atoms with Crippen LogP contribution in [0.5, 0.6) is 0 Å². The summed E-state index contributed by atoms with van der Waals surface area (Å²) in [6.45, 7) is 1.28. The maximum Gasteiger partial charge on any atom is 0.342 e. The first kappa shape index (κ1) is 18.1. The molecule has 136 valence electrons. The molecule has 2 N–H and O–H groups in total. The van der Waals surface area contributed by atoms with Crippen LogP contribution >= 0.6 is 0 Å². The summed E-state index contributed by atoms with van der Waals surface area (Å²) in [7, 11) is 0. The van der Waals surface area contributed by atoms with Gasteiger partial charge >= 0.3 is 11.9 Å². The number of hydrogen-bond donors (Lipinski definition) is 2. The Kier molecular flexibility index (Phi) is 4.85. The second-order valence-corrected chi connectivity index (χ2v) is 5.90. The van der Waals surface area contributed by atoms with E-state index >= 15 is 0 Å². The standard InChI is InChI=1S/C20H16N2O5/c1-12(19(24)25)22-18(23)16(20(26)27)15(13-8-4-2-5-9-13)17(21-22)14-10-6-3-7-11-14/h2-12H,1H3,(H,24,25)(H,26,27). The number of aliphatic carboxylic acids is 1. The van der Waals surface area contributed by atoms with Crippen LogP contribution in [0.1, 0.15) is 23.3 Å². The lowest BCUT2D eigenvalue weighted by Crippen LogP contribution is -2.35. The maximum absolute atomic E-state index is 12.8. The number of nitrogens with zero attached hydrogens (tertiary/aromatic N) is 2. The summed E-state index contributed by atoms with van der Waals surface area (Å²) < 4.78 is 0.709. The van der Waals surface area contributed by atoms with Gasteiger partial charge in [-0.1, -0.05) is 60.7 Å². The van der Waals surface area contributed by atoms with Gasteiger partial charge in [0.2, 0.25) is 0 Å². The van der Waals surface area contributed by atoms with Crippen LogP contribution < -0.4 is 5.56 Å². The molecule has 27 heavy (non-hydrogen) atoms. The molecule has 0 bridgehead atoms. The number of hydrogen-bond acceptors (Lipinski definition) is 4. The highest BCUT2D eigenvalue weighted by Gasteiger charge is 2.28. The van der Waals surface area contributed by atoms with Crippen molar-refractivity contribution in [2.75, 3.05) is 0 Å². The molecule has 0 aliphatic heterocycles. The molecular weight excluding hydrogens is 348 g/mol. The third-order valence-electron chi connectivity index (χ3n) is 4.16. The van der Waals surface area contributed by atoms with Crippen LogP contribution in [0.3, 0.4) is 0 Å². The highest BCUT2D eigenvalue weighted by Crippen LogP contribution is 2.32. The number of aromatic nitrogens is 2. The van der Waals surface area contributed by atoms with Gasteiger partial charge in [0.25, 0.3) is 5.56 Å². The molecule has 7 heteroatoms. The summed E-state index contributed by atoms with van der Waals surface area (Å²) in [5, 5.41) is 23.3. The normalized spacial score (nSPS) is 11.7. The smallest absolute Gasteiger partial charge is 0.342 e. The molecule has 0 aliphatic rings. The topological polar surface area (TPSA) is 109 Å². The molecule has 3 rings (SSSR count). The lowest BCUT2D eigenvalue weighted by atomic mass is 9.95. The van der Waals surface area contributed by atoms with Crippen molar-refractivity contribution >= 4 is 11.9 Å². The lowest BCUT2D eigenvalue weighted by molar-refractivity contribution is -0.140. The number of carboxylic acid groups (broad SMARTS) is 2. The lowest BCUT2D eigenvalue weighted by Gasteiger charge is -2.17. The molecule has 0 radical (unpaired) electrons. The summed E-state index contributed by atoms with van der Waals surface area (Å²) in [5.74, 6) is -2.72. The Morgan fingerprint density at radius 3 is 1.93 bits per heavy atom. The van der Waals surface area contributed by atoms with Gasteiger partial charge in [0.05, 0.1) is 5.69 Å². The number of carbonyl (C=O) groups is 2. The van der Waals surface area contributed by atoms with Crippen LogP contribution in [-0.4, -0.2) is 31.9 Å². The Bertz CT molecular complexity index is 1060. The van der Waals surface area contributed by atoms with E-state index in [0.29, 0.717) is 15.8 Å². The van der Waals surface area contributed by atoms with Crippen LogP contribution in [-0.2, 0) is 4.79 Å². The molecule has 1 atom stereocenters. The van der Waals surface area contributed by atoms with E-state index in [1.54, 1.807) is 60.7 Å². The van der Waals surface area contributed by atoms with Gasteiger partial charge in [-0.15, -0.1) is 0 Å². The molecule has 7 nitrogen and oxygen atoms in total. The molecule has 1 heterocycles. The monoisotopic (exact) mass is 364 g/mol. The van der Waals surface area contributed by atoms with Crippen molar-refractivity contribution in [2.24, 2.45) is 0 Å². The summed E-state index contributed by atoms with van der Waals surface area (Å²) in [6.07, 6.45) is 0. The van der Waals surface area contributed by atoms with Crippen LogP contribution in [0.25, 0.3) is 22.4 Å². The predicted octanol–water partition coefficient (Wildman–Crippen LogP) is 2.92. The first-order valence-corrected chi connectivity index (χ1v) is 8.15. The number of aromatic carboxylic acids is 1. The van der Waals surface area contributed by atoms with Gasteiger partial charge in [-0.3, -0.25) is 4.79 Å². The minimum atomic E-state index is -1.44. The van der Waals surface area contributed by atoms with E-state index in [0.717, 1.165) is 0 Å². The van der Waals surface area contributed by atoms with Gasteiger partial charge in [0, 0.05) is 11.1 Å². The van der Waals surface area contributed by atoms with Gasteiger partial charge in [-0.05, 0) is 12.5 Å². The second-order valence-electron chi connectivity index (χ2n) is 5.90. The van der Waals surface area contributed by atoms with Gasteiger partial charge in [0.1, 0.15) is 5.56 Å². The summed E-state index contributed by atoms with van der Waals surface area (Å²) in [5.41, 5.74) is -0.00204. The average molecular weight is 364 g/mol. The fourth-order valence-corrected chi connectivity index (χ4v) is 2.79. The minimum absolute atomic E-state index is 0.160. The maximum atomic E-state index is 12.8. The zero-order valence-electron chi connectivity index (χ0n) is 14.4. The number of rotatable bonds is 5. The van der Waals surface area contributed by atoms with Crippen LogP contribution in [0, 0.1) is 0 Å². The van der Waals surface area contributed by atoms with E-state index in [4.69, 9.17) is 0 Å². The third-order valence-corrected chi connectivity index (χ3v) is 4.16. The van der Waals surface area contributed by atoms with Crippen LogP contribution in [0.15, 0.2) is 65.5 Å². The van der Waals surface area contributed by atoms with E-state index < -0.39 is 29.1 Å². The first-order chi connectivity index (χ1) is 12.9. The number of benzene rings is 2. The van der Waals surface area contributed by atoms with E-state index in [2.05, 4.69) is 5.10 Å². The molecule has 0 saturated heterocycles. The van der Waals surface area contributed by atoms with Gasteiger partial charge in [-0.2, -0.15) is 5.10 Å². The molecule has 1 unspecified atom stereocenters. The largest absolute Gasteiger partial charge is 0.480 e. The third kappa shape index (κ3) is 3.35. The zero-order valence-corrected chi connectivity index (χ0v) is 14.4. The molecule has 1 aromatic heterocycles. The second kappa shape index (κ2) is 7.25. The predicted molar refractivity (Wildman–Crippen MR) is 98.7 cm³/mol.